The smallest absolute Gasteiger partial charge is 0.291 e. The summed E-state index contributed by atoms with van der Waals surface area (Å²) in [5.41, 5.74) is 5.86. The molecule has 1 aliphatic rings. The van der Waals surface area contributed by atoms with Crippen molar-refractivity contribution in [2.75, 3.05) is 4.90 Å². The molecule has 0 fully saturated rings. The number of fused-ring (bicyclic) bond motifs is 2. The Balaban J connectivity index is 1.45. The van der Waals surface area contributed by atoms with Crippen LogP contribution >= 0.6 is 27.3 Å². The standard InChI is InChI=1S/C30H25BrN4O2S/c1-17-5-7-18(8-6-17)16-34-23-14-13-21(31)15-22(23)24(27(34)36)25-28(37)35-29(38-25)32-26(33-35)19-9-11-20(12-10-19)30(2,3)4/h5-15H,16H2,1-4H3/b25-24-. The van der Waals surface area contributed by atoms with Crippen molar-refractivity contribution < 1.29 is 4.79 Å². The highest BCUT2D eigenvalue weighted by molar-refractivity contribution is 9.10. The van der Waals surface area contributed by atoms with Crippen LogP contribution in [0.1, 0.15) is 43.0 Å². The molecule has 0 aliphatic carbocycles. The maximum atomic E-state index is 13.8. The monoisotopic (exact) mass is 584 g/mol. The average Bonchev–Trinajstić information content (AvgIpc) is 3.51. The van der Waals surface area contributed by atoms with Gasteiger partial charge in [-0.15, -0.1) is 5.10 Å². The van der Waals surface area contributed by atoms with Gasteiger partial charge >= 0.3 is 0 Å². The number of amides is 1. The molecular weight excluding hydrogens is 560 g/mol. The largest absolute Gasteiger partial charge is 0.303 e. The lowest BCUT2D eigenvalue weighted by atomic mass is 9.87. The topological polar surface area (TPSA) is 67.6 Å². The first-order valence-corrected chi connectivity index (χ1v) is 13.9. The molecule has 0 saturated carbocycles. The fourth-order valence-electron chi connectivity index (χ4n) is 4.68. The molecule has 6 nitrogen and oxygen atoms in total. The molecule has 38 heavy (non-hydrogen) atoms. The molecule has 0 bridgehead atoms. The molecule has 1 amide bonds. The Morgan fingerprint density at radius 3 is 2.32 bits per heavy atom. The summed E-state index contributed by atoms with van der Waals surface area (Å²) in [5, 5.41) is 4.52. The van der Waals surface area contributed by atoms with E-state index in [0.717, 1.165) is 32.4 Å². The third-order valence-corrected chi connectivity index (χ3v) is 8.36. The van der Waals surface area contributed by atoms with Crippen molar-refractivity contribution in [1.82, 2.24) is 14.6 Å². The van der Waals surface area contributed by atoms with Crippen LogP contribution in [-0.2, 0) is 16.8 Å². The zero-order chi connectivity index (χ0) is 26.8. The number of benzene rings is 3. The van der Waals surface area contributed by atoms with Crippen LogP contribution < -0.4 is 15.0 Å². The molecule has 3 aromatic carbocycles. The fraction of sp³-hybridized carbons (Fsp3) is 0.200. The second-order valence-electron chi connectivity index (χ2n) is 10.6. The minimum atomic E-state index is -0.332. The molecule has 5 aromatic rings. The molecule has 0 radical (unpaired) electrons. The van der Waals surface area contributed by atoms with E-state index >= 15 is 0 Å². The Hall–Kier alpha value is -3.62. The van der Waals surface area contributed by atoms with E-state index in [9.17, 15) is 9.59 Å². The quantitative estimate of drug-likeness (QED) is 0.275. The van der Waals surface area contributed by atoms with Crippen LogP contribution in [0.2, 0.25) is 0 Å². The van der Waals surface area contributed by atoms with E-state index in [1.807, 2.05) is 61.5 Å². The van der Waals surface area contributed by atoms with Crippen LogP contribution in [-0.4, -0.2) is 20.5 Å². The SMILES string of the molecule is Cc1ccc(CN2C(=O)/C(=c3\sc4nc(-c5ccc(C(C)(C)C)cc5)nn4c3=O)c3cc(Br)ccc32)cc1. The predicted molar refractivity (Wildman–Crippen MR) is 156 cm³/mol. The number of halogens is 1. The van der Waals surface area contributed by atoms with Crippen molar-refractivity contribution in [3.05, 3.63) is 108 Å². The number of carbonyl (C=O) groups is 1. The Kier molecular flexibility index (Phi) is 5.85. The summed E-state index contributed by atoms with van der Waals surface area (Å²) >= 11 is 4.73. The van der Waals surface area contributed by atoms with Gasteiger partial charge in [0.25, 0.3) is 11.5 Å². The van der Waals surface area contributed by atoms with E-state index in [2.05, 4.69) is 58.9 Å². The van der Waals surface area contributed by atoms with Crippen LogP contribution in [0.25, 0.3) is 21.9 Å². The average molecular weight is 586 g/mol. The van der Waals surface area contributed by atoms with Gasteiger partial charge in [-0.2, -0.15) is 9.50 Å². The van der Waals surface area contributed by atoms with Gasteiger partial charge in [-0.05, 0) is 41.7 Å². The number of rotatable bonds is 3. The predicted octanol–water partition coefficient (Wildman–Crippen LogP) is 5.65. The summed E-state index contributed by atoms with van der Waals surface area (Å²) in [6.45, 7) is 8.95. The van der Waals surface area contributed by atoms with Crippen molar-refractivity contribution in [1.29, 1.82) is 0 Å². The van der Waals surface area contributed by atoms with E-state index in [1.54, 1.807) is 4.90 Å². The molecule has 8 heteroatoms. The number of hydrogen-bond donors (Lipinski definition) is 0. The third-order valence-electron chi connectivity index (χ3n) is 6.83. The zero-order valence-electron chi connectivity index (χ0n) is 21.4. The number of hydrogen-bond acceptors (Lipinski definition) is 5. The molecule has 1 aliphatic heterocycles. The molecule has 0 unspecified atom stereocenters. The summed E-state index contributed by atoms with van der Waals surface area (Å²) in [6, 6.07) is 21.9. The van der Waals surface area contributed by atoms with Crippen molar-refractivity contribution in [2.45, 2.75) is 39.7 Å². The first-order chi connectivity index (χ1) is 18.1. The number of anilines is 1. The molecule has 2 aromatic heterocycles. The highest BCUT2D eigenvalue weighted by Crippen LogP contribution is 2.38. The lowest BCUT2D eigenvalue weighted by Crippen LogP contribution is -2.32. The van der Waals surface area contributed by atoms with Gasteiger partial charge in [0.2, 0.25) is 4.96 Å². The van der Waals surface area contributed by atoms with E-state index < -0.39 is 0 Å². The van der Waals surface area contributed by atoms with Crippen LogP contribution in [0.3, 0.4) is 0 Å². The van der Waals surface area contributed by atoms with E-state index in [0.29, 0.717) is 27.4 Å². The van der Waals surface area contributed by atoms with Gasteiger partial charge in [0.15, 0.2) is 5.82 Å². The van der Waals surface area contributed by atoms with Gasteiger partial charge in [0.05, 0.1) is 17.8 Å². The molecule has 190 valence electrons. The number of thiazole rings is 1. The molecular formula is C30H25BrN4O2S. The number of aromatic nitrogens is 3. The maximum Gasteiger partial charge on any atom is 0.291 e. The molecule has 0 N–H and O–H groups in total. The first kappa shape index (κ1) is 24.7. The second-order valence-corrected chi connectivity index (χ2v) is 12.5. The molecule has 0 atom stereocenters. The fourth-order valence-corrected chi connectivity index (χ4v) is 6.04. The molecule has 3 heterocycles. The van der Waals surface area contributed by atoms with Gasteiger partial charge < -0.3 is 4.90 Å². The number of nitrogens with zero attached hydrogens (tertiary/aromatic N) is 4. The van der Waals surface area contributed by atoms with Crippen molar-refractivity contribution in [3.8, 4) is 11.4 Å². The second kappa shape index (κ2) is 8.99. The van der Waals surface area contributed by atoms with Gasteiger partial charge in [-0.25, -0.2) is 0 Å². The normalized spacial score (nSPS) is 15.0. The maximum absolute atomic E-state index is 13.8. The van der Waals surface area contributed by atoms with E-state index in [1.165, 1.54) is 21.4 Å². The summed E-state index contributed by atoms with van der Waals surface area (Å²) in [5.74, 6) is 0.297. The number of aryl methyl sites for hydroxylation is 1. The lowest BCUT2D eigenvalue weighted by molar-refractivity contribution is -0.113. The lowest BCUT2D eigenvalue weighted by Gasteiger charge is -2.18. The van der Waals surface area contributed by atoms with Crippen LogP contribution in [0.4, 0.5) is 5.69 Å². The Labute approximate surface area is 232 Å². The Bertz CT molecular complexity index is 1830. The summed E-state index contributed by atoms with van der Waals surface area (Å²) < 4.78 is 2.50. The summed E-state index contributed by atoms with van der Waals surface area (Å²) in [6.07, 6.45) is 0. The molecule has 6 rings (SSSR count). The van der Waals surface area contributed by atoms with Crippen molar-refractivity contribution in [2.24, 2.45) is 0 Å². The van der Waals surface area contributed by atoms with Crippen LogP contribution in [0, 0.1) is 6.92 Å². The number of carbonyl (C=O) groups excluding carboxylic acids is 1. The zero-order valence-corrected chi connectivity index (χ0v) is 23.9. The highest BCUT2D eigenvalue weighted by Gasteiger charge is 2.34. The molecule has 0 saturated heterocycles. The van der Waals surface area contributed by atoms with Crippen LogP contribution in [0.15, 0.2) is 76.0 Å². The van der Waals surface area contributed by atoms with Crippen molar-refractivity contribution in [3.63, 3.8) is 0 Å². The molecule has 0 spiro atoms. The summed E-state index contributed by atoms with van der Waals surface area (Å²) in [7, 11) is 0. The first-order valence-electron chi connectivity index (χ1n) is 12.3. The van der Waals surface area contributed by atoms with Gasteiger partial charge in [-0.3, -0.25) is 9.59 Å². The van der Waals surface area contributed by atoms with E-state index in [-0.39, 0.29) is 16.9 Å². The highest BCUT2D eigenvalue weighted by atomic mass is 79.9. The van der Waals surface area contributed by atoms with Gasteiger partial charge in [0.1, 0.15) is 4.53 Å². The van der Waals surface area contributed by atoms with E-state index in [4.69, 9.17) is 0 Å². The minimum Gasteiger partial charge on any atom is -0.303 e. The van der Waals surface area contributed by atoms with Crippen molar-refractivity contribution >= 4 is 49.4 Å². The Morgan fingerprint density at radius 1 is 0.947 bits per heavy atom. The Morgan fingerprint density at radius 2 is 1.66 bits per heavy atom. The summed E-state index contributed by atoms with van der Waals surface area (Å²) in [4.78, 5) is 34.2. The minimum absolute atomic E-state index is 0.0429. The third kappa shape index (κ3) is 4.18. The van der Waals surface area contributed by atoms with Gasteiger partial charge in [0, 0.05) is 15.6 Å². The van der Waals surface area contributed by atoms with Gasteiger partial charge in [-0.1, -0.05) is 102 Å². The van der Waals surface area contributed by atoms with Crippen LogP contribution in [0.5, 0.6) is 0 Å².